The molecule has 4 rings (SSSR count). The first kappa shape index (κ1) is 20.2. The van der Waals surface area contributed by atoms with Gasteiger partial charge in [0.05, 0.1) is 11.4 Å². The van der Waals surface area contributed by atoms with E-state index in [2.05, 4.69) is 46.5 Å². The number of thioether (sulfide) groups is 1. The van der Waals surface area contributed by atoms with Crippen molar-refractivity contribution in [3.8, 4) is 11.4 Å². The molecule has 0 radical (unpaired) electrons. The van der Waals surface area contributed by atoms with Gasteiger partial charge in [-0.1, -0.05) is 41.6 Å². The highest BCUT2D eigenvalue weighted by molar-refractivity contribution is 7.99. The van der Waals surface area contributed by atoms with Crippen molar-refractivity contribution in [2.75, 3.05) is 12.3 Å². The zero-order valence-electron chi connectivity index (χ0n) is 17.1. The van der Waals surface area contributed by atoms with Crippen LogP contribution in [0.25, 0.3) is 17.0 Å². The third-order valence-electron chi connectivity index (χ3n) is 4.76. The van der Waals surface area contributed by atoms with E-state index in [-0.39, 0.29) is 5.91 Å². The van der Waals surface area contributed by atoms with Crippen LogP contribution in [-0.4, -0.2) is 42.4 Å². The van der Waals surface area contributed by atoms with E-state index in [1.54, 1.807) is 0 Å². The molecule has 3 heterocycles. The van der Waals surface area contributed by atoms with Gasteiger partial charge in [-0.05, 0) is 32.0 Å². The Morgan fingerprint density at radius 2 is 2.07 bits per heavy atom. The number of hydrogen-bond donors (Lipinski definition) is 1. The summed E-state index contributed by atoms with van der Waals surface area (Å²) in [5.74, 6) is 1.11. The van der Waals surface area contributed by atoms with Crippen molar-refractivity contribution in [1.29, 1.82) is 0 Å². The molecule has 0 spiro atoms. The van der Waals surface area contributed by atoms with Crippen molar-refractivity contribution >= 4 is 23.3 Å². The van der Waals surface area contributed by atoms with E-state index in [1.807, 2.05) is 51.7 Å². The summed E-state index contributed by atoms with van der Waals surface area (Å²) < 4.78 is 4.03. The number of imidazole rings is 1. The molecule has 1 amide bonds. The first-order chi connectivity index (χ1) is 14.6. The third-order valence-corrected chi connectivity index (χ3v) is 5.73. The van der Waals surface area contributed by atoms with Crippen LogP contribution >= 0.6 is 11.8 Å². The zero-order chi connectivity index (χ0) is 20.9. The second-order valence-corrected chi connectivity index (χ2v) is 7.95. The summed E-state index contributed by atoms with van der Waals surface area (Å²) in [6.45, 7) is 5.41. The highest BCUT2D eigenvalue weighted by Crippen LogP contribution is 2.24. The predicted molar refractivity (Wildman–Crippen MR) is 118 cm³/mol. The number of carbonyl (C=O) groups is 1. The first-order valence-corrected chi connectivity index (χ1v) is 10.9. The maximum absolute atomic E-state index is 12.3. The molecule has 0 saturated carbocycles. The van der Waals surface area contributed by atoms with Crippen LogP contribution in [0.1, 0.15) is 18.2 Å². The fraction of sp³-hybridized carbons (Fsp3) is 0.273. The summed E-state index contributed by atoms with van der Waals surface area (Å²) in [5.41, 5.74) is 4.09. The standard InChI is InChI=1S/C22H24N6OS/c1-3-28-21(17-8-6-7-16(2)13-17)25-26-22(28)30-15-20(29)23-11-10-18-14-27-12-5-4-9-19(27)24-18/h4-9,12-14H,3,10-11,15H2,1-2H3,(H,23,29). The van der Waals surface area contributed by atoms with Gasteiger partial charge in [0.2, 0.25) is 5.91 Å². The molecule has 0 aliphatic rings. The Labute approximate surface area is 179 Å². The van der Waals surface area contributed by atoms with Gasteiger partial charge in [0.25, 0.3) is 0 Å². The highest BCUT2D eigenvalue weighted by Gasteiger charge is 2.14. The first-order valence-electron chi connectivity index (χ1n) is 9.96. The Balaban J connectivity index is 1.31. The predicted octanol–water partition coefficient (Wildman–Crippen LogP) is 3.37. The van der Waals surface area contributed by atoms with Gasteiger partial charge >= 0.3 is 0 Å². The maximum Gasteiger partial charge on any atom is 0.230 e. The number of aryl methyl sites for hydroxylation is 1. The number of aromatic nitrogens is 5. The van der Waals surface area contributed by atoms with Crippen LogP contribution in [0, 0.1) is 6.92 Å². The number of fused-ring (bicyclic) bond motifs is 1. The average Bonchev–Trinajstić information content (AvgIpc) is 3.35. The Morgan fingerprint density at radius 1 is 1.17 bits per heavy atom. The second kappa shape index (κ2) is 9.13. The Hall–Kier alpha value is -3.13. The minimum atomic E-state index is -0.0217. The summed E-state index contributed by atoms with van der Waals surface area (Å²) in [6, 6.07) is 14.1. The lowest BCUT2D eigenvalue weighted by Crippen LogP contribution is -2.27. The smallest absolute Gasteiger partial charge is 0.230 e. The van der Waals surface area contributed by atoms with Crippen molar-refractivity contribution < 1.29 is 4.79 Å². The molecule has 0 unspecified atom stereocenters. The van der Waals surface area contributed by atoms with Crippen LogP contribution in [0.15, 0.2) is 60.0 Å². The Morgan fingerprint density at radius 3 is 2.87 bits per heavy atom. The molecule has 0 atom stereocenters. The van der Waals surface area contributed by atoms with Crippen LogP contribution in [0.3, 0.4) is 0 Å². The lowest BCUT2D eigenvalue weighted by Gasteiger charge is -2.08. The lowest BCUT2D eigenvalue weighted by atomic mass is 10.1. The van der Waals surface area contributed by atoms with E-state index < -0.39 is 0 Å². The summed E-state index contributed by atoms with van der Waals surface area (Å²) >= 11 is 1.41. The quantitative estimate of drug-likeness (QED) is 0.442. The molecule has 8 heteroatoms. The van der Waals surface area contributed by atoms with E-state index in [1.165, 1.54) is 17.3 Å². The fourth-order valence-corrected chi connectivity index (χ4v) is 4.13. The summed E-state index contributed by atoms with van der Waals surface area (Å²) in [5, 5.41) is 12.4. The SMILES string of the molecule is CCn1c(SCC(=O)NCCc2cn3ccccc3n2)nnc1-c1cccc(C)c1. The van der Waals surface area contributed by atoms with E-state index in [4.69, 9.17) is 0 Å². The largest absolute Gasteiger partial charge is 0.355 e. The van der Waals surface area contributed by atoms with Crippen LogP contribution in [-0.2, 0) is 17.8 Å². The number of amides is 1. The zero-order valence-corrected chi connectivity index (χ0v) is 17.9. The van der Waals surface area contributed by atoms with Gasteiger partial charge < -0.3 is 14.3 Å². The van der Waals surface area contributed by atoms with Crippen molar-refractivity contribution in [2.24, 2.45) is 0 Å². The minimum absolute atomic E-state index is 0.0217. The van der Waals surface area contributed by atoms with Crippen LogP contribution in [0.5, 0.6) is 0 Å². The van der Waals surface area contributed by atoms with Gasteiger partial charge in [-0.25, -0.2) is 4.98 Å². The maximum atomic E-state index is 12.3. The van der Waals surface area contributed by atoms with Crippen LogP contribution in [0.4, 0.5) is 0 Å². The number of hydrogen-bond acceptors (Lipinski definition) is 5. The topological polar surface area (TPSA) is 77.1 Å². The van der Waals surface area contributed by atoms with Gasteiger partial charge in [-0.3, -0.25) is 4.79 Å². The lowest BCUT2D eigenvalue weighted by molar-refractivity contribution is -0.118. The van der Waals surface area contributed by atoms with E-state index >= 15 is 0 Å². The van der Waals surface area contributed by atoms with Gasteiger partial charge in [-0.2, -0.15) is 0 Å². The average molecular weight is 421 g/mol. The number of benzene rings is 1. The number of rotatable bonds is 8. The highest BCUT2D eigenvalue weighted by atomic mass is 32.2. The van der Waals surface area contributed by atoms with Gasteiger partial charge in [0.1, 0.15) is 5.65 Å². The van der Waals surface area contributed by atoms with E-state index in [0.717, 1.165) is 34.4 Å². The molecule has 0 bridgehead atoms. The number of pyridine rings is 1. The number of nitrogens with zero attached hydrogens (tertiary/aromatic N) is 5. The van der Waals surface area contributed by atoms with Gasteiger partial charge in [0.15, 0.2) is 11.0 Å². The molecule has 4 aromatic rings. The van der Waals surface area contributed by atoms with Crippen molar-refractivity contribution in [3.63, 3.8) is 0 Å². The summed E-state index contributed by atoms with van der Waals surface area (Å²) in [7, 11) is 0. The molecular weight excluding hydrogens is 396 g/mol. The van der Waals surface area contributed by atoms with Crippen LogP contribution < -0.4 is 5.32 Å². The Bertz CT molecular complexity index is 1130. The molecule has 3 aromatic heterocycles. The van der Waals surface area contributed by atoms with Crippen molar-refractivity contribution in [3.05, 3.63) is 66.1 Å². The van der Waals surface area contributed by atoms with E-state index in [0.29, 0.717) is 18.7 Å². The molecule has 0 fully saturated rings. The monoisotopic (exact) mass is 420 g/mol. The van der Waals surface area contributed by atoms with Gasteiger partial charge in [0, 0.05) is 37.5 Å². The third kappa shape index (κ3) is 4.54. The molecule has 7 nitrogen and oxygen atoms in total. The number of nitrogens with one attached hydrogen (secondary N) is 1. The molecule has 0 aliphatic heterocycles. The van der Waals surface area contributed by atoms with Crippen molar-refractivity contribution in [1.82, 2.24) is 29.5 Å². The molecule has 30 heavy (non-hydrogen) atoms. The molecule has 1 N–H and O–H groups in total. The molecule has 0 aliphatic carbocycles. The van der Waals surface area contributed by atoms with Crippen LogP contribution in [0.2, 0.25) is 0 Å². The normalized spacial score (nSPS) is 11.1. The molecule has 154 valence electrons. The van der Waals surface area contributed by atoms with Gasteiger partial charge in [-0.15, -0.1) is 10.2 Å². The van der Waals surface area contributed by atoms with E-state index in [9.17, 15) is 4.79 Å². The number of carbonyl (C=O) groups excluding carboxylic acids is 1. The minimum Gasteiger partial charge on any atom is -0.355 e. The van der Waals surface area contributed by atoms with Crippen molar-refractivity contribution in [2.45, 2.75) is 32.0 Å². The Kier molecular flexibility index (Phi) is 6.13. The summed E-state index contributed by atoms with van der Waals surface area (Å²) in [4.78, 5) is 16.8. The molecular formula is C22H24N6OS. The summed E-state index contributed by atoms with van der Waals surface area (Å²) in [6.07, 6.45) is 4.66. The molecule has 0 saturated heterocycles. The second-order valence-electron chi connectivity index (χ2n) is 7.01. The fourth-order valence-electron chi connectivity index (χ4n) is 3.30. The molecule has 1 aromatic carbocycles.